The van der Waals surface area contributed by atoms with E-state index in [1.54, 1.807) is 4.68 Å². The van der Waals surface area contributed by atoms with Crippen LogP contribution in [-0.2, 0) is 6.54 Å². The molecule has 0 aliphatic carbocycles. The molecule has 0 fully saturated rings. The van der Waals surface area contributed by atoms with E-state index in [0.717, 1.165) is 29.0 Å². The third-order valence-electron chi connectivity index (χ3n) is 3.61. The highest BCUT2D eigenvalue weighted by molar-refractivity contribution is 5.94. The molecule has 1 aromatic heterocycles. The lowest BCUT2D eigenvalue weighted by molar-refractivity contribution is 0.112. The Morgan fingerprint density at radius 1 is 1.19 bits per heavy atom. The lowest BCUT2D eigenvalue weighted by Gasteiger charge is -2.02. The monoisotopic (exact) mass is 279 g/mol. The molecule has 3 aromatic rings. The second-order valence-corrected chi connectivity index (χ2v) is 5.05. The second kappa shape index (κ2) is 5.40. The second-order valence-electron chi connectivity index (χ2n) is 5.05. The minimum atomic E-state index is 0.440. The van der Waals surface area contributed by atoms with E-state index in [0.29, 0.717) is 23.6 Å². The number of hydrogen-bond donors (Lipinski definition) is 1. The van der Waals surface area contributed by atoms with Gasteiger partial charge in [0, 0.05) is 12.1 Å². The molecule has 0 radical (unpaired) electrons. The third kappa shape index (κ3) is 2.29. The van der Waals surface area contributed by atoms with Crippen molar-refractivity contribution in [2.75, 3.05) is 5.73 Å². The summed E-state index contributed by atoms with van der Waals surface area (Å²) in [4.78, 5) is 11.4. The van der Waals surface area contributed by atoms with E-state index >= 15 is 0 Å². The highest BCUT2D eigenvalue weighted by Crippen LogP contribution is 2.28. The number of anilines is 1. The highest BCUT2D eigenvalue weighted by atomic mass is 16.1. The summed E-state index contributed by atoms with van der Waals surface area (Å²) >= 11 is 0. The average molecular weight is 279 g/mol. The van der Waals surface area contributed by atoms with Crippen molar-refractivity contribution in [3.8, 4) is 11.3 Å². The van der Waals surface area contributed by atoms with Crippen molar-refractivity contribution < 1.29 is 4.79 Å². The van der Waals surface area contributed by atoms with Crippen molar-refractivity contribution in [2.45, 2.75) is 19.9 Å². The maximum absolute atomic E-state index is 11.4. The standard InChI is InChI=1S/C17H17N3O/c1-2-9-20-17(18)15(11-21)16(19-20)14-8-7-12-5-3-4-6-13(12)10-14/h3-8,10-11H,2,9,18H2,1H3. The van der Waals surface area contributed by atoms with Crippen LogP contribution in [0.4, 0.5) is 5.82 Å². The minimum absolute atomic E-state index is 0.440. The molecule has 0 saturated carbocycles. The number of nitrogen functional groups attached to an aromatic ring is 1. The van der Waals surface area contributed by atoms with Gasteiger partial charge in [-0.2, -0.15) is 5.10 Å². The summed E-state index contributed by atoms with van der Waals surface area (Å²) < 4.78 is 1.70. The molecule has 106 valence electrons. The number of hydrogen-bond acceptors (Lipinski definition) is 3. The molecule has 0 bridgehead atoms. The van der Waals surface area contributed by atoms with Gasteiger partial charge in [0.15, 0.2) is 6.29 Å². The summed E-state index contributed by atoms with van der Waals surface area (Å²) in [6.07, 6.45) is 1.71. The maximum atomic E-state index is 11.4. The Morgan fingerprint density at radius 3 is 2.67 bits per heavy atom. The average Bonchev–Trinajstić information content (AvgIpc) is 2.83. The van der Waals surface area contributed by atoms with E-state index in [4.69, 9.17) is 5.73 Å². The zero-order valence-electron chi connectivity index (χ0n) is 11.9. The van der Waals surface area contributed by atoms with Gasteiger partial charge in [0.2, 0.25) is 0 Å². The van der Waals surface area contributed by atoms with Gasteiger partial charge in [-0.05, 0) is 23.3 Å². The number of nitrogens with two attached hydrogens (primary N) is 1. The first kappa shape index (κ1) is 13.4. The van der Waals surface area contributed by atoms with Crippen molar-refractivity contribution >= 4 is 22.9 Å². The molecule has 0 amide bonds. The van der Waals surface area contributed by atoms with Gasteiger partial charge >= 0.3 is 0 Å². The maximum Gasteiger partial charge on any atom is 0.156 e. The quantitative estimate of drug-likeness (QED) is 0.743. The predicted octanol–water partition coefficient (Wildman–Crippen LogP) is 3.51. The van der Waals surface area contributed by atoms with Gasteiger partial charge in [0.1, 0.15) is 11.5 Å². The first-order chi connectivity index (χ1) is 10.2. The van der Waals surface area contributed by atoms with Crippen molar-refractivity contribution in [2.24, 2.45) is 0 Å². The molecule has 0 atom stereocenters. The van der Waals surface area contributed by atoms with Crippen LogP contribution in [0.25, 0.3) is 22.0 Å². The molecular formula is C17H17N3O. The Hall–Kier alpha value is -2.62. The zero-order valence-corrected chi connectivity index (χ0v) is 11.9. The van der Waals surface area contributed by atoms with Crippen molar-refractivity contribution in [3.63, 3.8) is 0 Å². The normalized spacial score (nSPS) is 10.9. The number of nitrogens with zero attached hydrogens (tertiary/aromatic N) is 2. The first-order valence-corrected chi connectivity index (χ1v) is 7.05. The van der Waals surface area contributed by atoms with E-state index < -0.39 is 0 Å². The Bertz CT molecular complexity index is 805. The number of aryl methyl sites for hydroxylation is 1. The molecule has 0 aliphatic heterocycles. The number of benzene rings is 2. The molecule has 0 spiro atoms. The van der Waals surface area contributed by atoms with Gasteiger partial charge in [-0.25, -0.2) is 4.68 Å². The molecular weight excluding hydrogens is 262 g/mol. The number of aromatic nitrogens is 2. The van der Waals surface area contributed by atoms with E-state index in [2.05, 4.69) is 18.1 Å². The molecule has 2 aromatic carbocycles. The molecule has 21 heavy (non-hydrogen) atoms. The van der Waals surface area contributed by atoms with Gasteiger partial charge in [0.25, 0.3) is 0 Å². The van der Waals surface area contributed by atoms with Crippen LogP contribution in [0.3, 0.4) is 0 Å². The number of fused-ring (bicyclic) bond motifs is 1. The first-order valence-electron chi connectivity index (χ1n) is 7.05. The Kier molecular flexibility index (Phi) is 3.44. The fourth-order valence-corrected chi connectivity index (χ4v) is 2.54. The fraction of sp³-hybridized carbons (Fsp3) is 0.176. The smallest absolute Gasteiger partial charge is 0.156 e. The summed E-state index contributed by atoms with van der Waals surface area (Å²) in [5.74, 6) is 0.440. The Morgan fingerprint density at radius 2 is 1.95 bits per heavy atom. The SMILES string of the molecule is CCCn1nc(-c2ccc3ccccc3c2)c(C=O)c1N. The third-order valence-corrected chi connectivity index (χ3v) is 3.61. The minimum Gasteiger partial charge on any atom is -0.383 e. The van der Waals surface area contributed by atoms with Gasteiger partial charge in [-0.3, -0.25) is 4.79 Å². The number of aldehydes is 1. The summed E-state index contributed by atoms with van der Waals surface area (Å²) in [6.45, 7) is 2.76. The summed E-state index contributed by atoms with van der Waals surface area (Å²) in [7, 11) is 0. The molecule has 1 heterocycles. The van der Waals surface area contributed by atoms with Gasteiger partial charge in [-0.15, -0.1) is 0 Å². The summed E-state index contributed by atoms with van der Waals surface area (Å²) in [6, 6.07) is 14.2. The van der Waals surface area contributed by atoms with Crippen LogP contribution in [0, 0.1) is 0 Å². The molecule has 0 aliphatic rings. The molecule has 3 rings (SSSR count). The van der Waals surface area contributed by atoms with Crippen LogP contribution in [-0.4, -0.2) is 16.1 Å². The van der Waals surface area contributed by atoms with Crippen LogP contribution in [0.15, 0.2) is 42.5 Å². The number of carbonyl (C=O) groups is 1. The Balaban J connectivity index is 2.17. The van der Waals surface area contributed by atoms with Crippen LogP contribution in [0.5, 0.6) is 0 Å². The molecule has 4 nitrogen and oxygen atoms in total. The largest absolute Gasteiger partial charge is 0.383 e. The predicted molar refractivity (Wildman–Crippen MR) is 85.3 cm³/mol. The van der Waals surface area contributed by atoms with E-state index in [1.165, 1.54) is 0 Å². The molecule has 4 heteroatoms. The zero-order chi connectivity index (χ0) is 14.8. The van der Waals surface area contributed by atoms with Crippen LogP contribution in [0.1, 0.15) is 23.7 Å². The summed E-state index contributed by atoms with van der Waals surface area (Å²) in [5, 5.41) is 6.79. The summed E-state index contributed by atoms with van der Waals surface area (Å²) in [5.41, 5.74) is 8.06. The lowest BCUT2D eigenvalue weighted by Crippen LogP contribution is -2.04. The van der Waals surface area contributed by atoms with Crippen molar-refractivity contribution in [3.05, 3.63) is 48.0 Å². The van der Waals surface area contributed by atoms with Crippen LogP contribution in [0.2, 0.25) is 0 Å². The van der Waals surface area contributed by atoms with E-state index in [-0.39, 0.29) is 0 Å². The Labute approximate surface area is 123 Å². The van der Waals surface area contributed by atoms with Crippen molar-refractivity contribution in [1.29, 1.82) is 0 Å². The van der Waals surface area contributed by atoms with E-state index in [9.17, 15) is 4.79 Å². The van der Waals surface area contributed by atoms with Crippen molar-refractivity contribution in [1.82, 2.24) is 9.78 Å². The lowest BCUT2D eigenvalue weighted by atomic mass is 10.0. The van der Waals surface area contributed by atoms with Gasteiger partial charge in [-0.1, -0.05) is 43.3 Å². The molecule has 2 N–H and O–H groups in total. The molecule has 0 saturated heterocycles. The van der Waals surface area contributed by atoms with Gasteiger partial charge in [0.05, 0.1) is 5.56 Å². The van der Waals surface area contributed by atoms with Gasteiger partial charge < -0.3 is 5.73 Å². The fourth-order valence-electron chi connectivity index (χ4n) is 2.54. The van der Waals surface area contributed by atoms with E-state index in [1.807, 2.05) is 36.4 Å². The number of carbonyl (C=O) groups excluding carboxylic acids is 1. The number of rotatable bonds is 4. The highest BCUT2D eigenvalue weighted by Gasteiger charge is 2.16. The van der Waals surface area contributed by atoms with Crippen LogP contribution < -0.4 is 5.73 Å². The van der Waals surface area contributed by atoms with Crippen LogP contribution >= 0.6 is 0 Å². The molecule has 0 unspecified atom stereocenters. The topological polar surface area (TPSA) is 60.9 Å².